The Labute approximate surface area is 225 Å². The fourth-order valence-corrected chi connectivity index (χ4v) is 5.94. The molecule has 7 heterocycles. The number of nitrogens with one attached hydrogen (secondary N) is 2. The number of piperazine rings is 1. The van der Waals surface area contributed by atoms with E-state index in [2.05, 4.69) is 48.7 Å². The van der Waals surface area contributed by atoms with Crippen LogP contribution in [-0.4, -0.2) is 60.4 Å². The summed E-state index contributed by atoms with van der Waals surface area (Å²) in [4.78, 5) is 19.5. The SMILES string of the molecule is Cc1cc(CN2C3CC2CN(c2ccc(-c4nc(Nc5cc(C6CC6)[nH]n5)c5ccccc5n4)cn2)C3)no1. The van der Waals surface area contributed by atoms with Gasteiger partial charge in [0.15, 0.2) is 11.6 Å². The first-order chi connectivity index (χ1) is 19.2. The van der Waals surface area contributed by atoms with Crippen molar-refractivity contribution in [3.63, 3.8) is 0 Å². The summed E-state index contributed by atoms with van der Waals surface area (Å²) in [6, 6.07) is 17.4. The van der Waals surface area contributed by atoms with Gasteiger partial charge in [0.25, 0.3) is 0 Å². The minimum Gasteiger partial charge on any atom is -0.361 e. The average Bonchev–Trinajstić information content (AvgIpc) is 3.58. The number of para-hydroxylation sites is 1. The Hall–Kier alpha value is -4.31. The van der Waals surface area contributed by atoms with Crippen molar-refractivity contribution >= 4 is 28.4 Å². The zero-order valence-electron chi connectivity index (χ0n) is 21.7. The maximum atomic E-state index is 5.25. The van der Waals surface area contributed by atoms with Crippen molar-refractivity contribution in [3.05, 3.63) is 71.9 Å². The van der Waals surface area contributed by atoms with Gasteiger partial charge >= 0.3 is 0 Å². The van der Waals surface area contributed by atoms with E-state index in [4.69, 9.17) is 19.5 Å². The minimum absolute atomic E-state index is 0.516. The number of rotatable bonds is 7. The highest BCUT2D eigenvalue weighted by atomic mass is 16.5. The van der Waals surface area contributed by atoms with Gasteiger partial charge in [-0.3, -0.25) is 10.00 Å². The van der Waals surface area contributed by atoms with Gasteiger partial charge in [-0.2, -0.15) is 5.10 Å². The number of aromatic amines is 1. The molecule has 3 saturated heterocycles. The van der Waals surface area contributed by atoms with E-state index >= 15 is 0 Å². The molecule has 4 aromatic heterocycles. The van der Waals surface area contributed by atoms with Crippen molar-refractivity contribution in [2.24, 2.45) is 0 Å². The second kappa shape index (κ2) is 8.88. The summed E-state index contributed by atoms with van der Waals surface area (Å²) < 4.78 is 5.25. The number of fused-ring (bicyclic) bond motifs is 3. The van der Waals surface area contributed by atoms with Crippen molar-refractivity contribution in [1.82, 2.24) is 35.2 Å². The number of benzene rings is 1. The first kappa shape index (κ1) is 22.7. The van der Waals surface area contributed by atoms with Crippen LogP contribution in [0, 0.1) is 6.92 Å². The van der Waals surface area contributed by atoms with E-state index in [1.54, 1.807) is 0 Å². The van der Waals surface area contributed by atoms with E-state index in [9.17, 15) is 0 Å². The number of H-pyrrole nitrogens is 1. The second-order valence-corrected chi connectivity index (χ2v) is 11.0. The van der Waals surface area contributed by atoms with Gasteiger partial charge in [-0.1, -0.05) is 17.3 Å². The molecule has 4 aliphatic rings. The number of hydrogen-bond donors (Lipinski definition) is 2. The molecule has 1 aromatic carbocycles. The molecule has 0 spiro atoms. The van der Waals surface area contributed by atoms with Crippen LogP contribution in [0.1, 0.15) is 42.3 Å². The predicted molar refractivity (Wildman–Crippen MR) is 148 cm³/mol. The van der Waals surface area contributed by atoms with Gasteiger partial charge < -0.3 is 14.7 Å². The molecular weight excluding hydrogens is 490 g/mol. The van der Waals surface area contributed by atoms with E-state index in [0.29, 0.717) is 23.8 Å². The van der Waals surface area contributed by atoms with E-state index in [1.165, 1.54) is 25.0 Å². The maximum Gasteiger partial charge on any atom is 0.163 e. The Morgan fingerprint density at radius 2 is 1.92 bits per heavy atom. The number of aromatic nitrogens is 6. The predicted octanol–water partition coefficient (Wildman–Crippen LogP) is 4.80. The standard InChI is InChI=1S/C29H29N9O/c1-17-10-20(36-39-17)14-38-21-11-22(38)16-37(15-21)27-9-8-19(13-30-27)28-31-24-5-3-2-4-23(24)29(33-28)32-26-12-25(34-35-26)18-6-7-18/h2-5,8-10,12-13,18,21-22H,6-7,11,14-16H2,1H3,(H2,31,32,33,34,35). The molecule has 1 saturated carbocycles. The molecule has 2 bridgehead atoms. The van der Waals surface area contributed by atoms with Gasteiger partial charge in [0.05, 0.1) is 11.2 Å². The van der Waals surface area contributed by atoms with Gasteiger partial charge in [-0.25, -0.2) is 15.0 Å². The molecule has 4 fully saturated rings. The number of hydrogen-bond acceptors (Lipinski definition) is 9. The topological polar surface area (TPSA) is 112 Å². The molecule has 2 unspecified atom stereocenters. The number of piperidine rings is 1. The van der Waals surface area contributed by atoms with Crippen LogP contribution in [0.15, 0.2) is 59.3 Å². The molecule has 196 valence electrons. The van der Waals surface area contributed by atoms with Crippen molar-refractivity contribution in [3.8, 4) is 11.4 Å². The van der Waals surface area contributed by atoms with Gasteiger partial charge in [-0.15, -0.1) is 0 Å². The lowest BCUT2D eigenvalue weighted by molar-refractivity contribution is -0.0103. The lowest BCUT2D eigenvalue weighted by Gasteiger charge is -2.56. The highest BCUT2D eigenvalue weighted by Crippen LogP contribution is 2.40. The van der Waals surface area contributed by atoms with Crippen molar-refractivity contribution in [1.29, 1.82) is 0 Å². The van der Waals surface area contributed by atoms with Crippen LogP contribution in [0.2, 0.25) is 0 Å². The first-order valence-corrected chi connectivity index (χ1v) is 13.6. The average molecular weight is 520 g/mol. The number of nitrogens with zero attached hydrogens (tertiary/aromatic N) is 7. The zero-order valence-corrected chi connectivity index (χ0v) is 21.7. The lowest BCUT2D eigenvalue weighted by atomic mass is 9.87. The van der Waals surface area contributed by atoms with Gasteiger partial charge in [0, 0.05) is 72.6 Å². The fraction of sp³-hybridized carbons (Fsp3) is 0.345. The number of anilines is 3. The normalized spacial score (nSPS) is 20.8. The molecule has 10 heteroatoms. The zero-order chi connectivity index (χ0) is 25.9. The largest absolute Gasteiger partial charge is 0.361 e. The summed E-state index contributed by atoms with van der Waals surface area (Å²) in [5, 5.41) is 16.2. The molecule has 1 aliphatic carbocycles. The van der Waals surface area contributed by atoms with E-state index in [-0.39, 0.29) is 0 Å². The Morgan fingerprint density at radius 3 is 2.69 bits per heavy atom. The molecule has 0 radical (unpaired) electrons. The Bertz CT molecular complexity index is 1640. The van der Waals surface area contributed by atoms with Crippen molar-refractivity contribution in [2.45, 2.75) is 50.7 Å². The Kier molecular flexibility index (Phi) is 5.16. The summed E-state index contributed by atoms with van der Waals surface area (Å²) in [6.07, 6.45) is 5.57. The molecule has 2 N–H and O–H groups in total. The highest BCUT2D eigenvalue weighted by Gasteiger charge is 2.45. The third-order valence-electron chi connectivity index (χ3n) is 8.16. The van der Waals surface area contributed by atoms with Crippen LogP contribution in [0.4, 0.5) is 17.5 Å². The summed E-state index contributed by atoms with van der Waals surface area (Å²) in [7, 11) is 0. The molecular formula is C29H29N9O. The smallest absolute Gasteiger partial charge is 0.163 e. The fourth-order valence-electron chi connectivity index (χ4n) is 5.94. The Morgan fingerprint density at radius 1 is 1.05 bits per heavy atom. The van der Waals surface area contributed by atoms with Crippen LogP contribution >= 0.6 is 0 Å². The maximum absolute atomic E-state index is 5.25. The third kappa shape index (κ3) is 4.21. The molecule has 39 heavy (non-hydrogen) atoms. The molecule has 5 aromatic rings. The van der Waals surface area contributed by atoms with Gasteiger partial charge in [-0.05, 0) is 50.5 Å². The van der Waals surface area contributed by atoms with Crippen LogP contribution in [0.5, 0.6) is 0 Å². The summed E-state index contributed by atoms with van der Waals surface area (Å²) in [5.74, 6) is 4.63. The van der Waals surface area contributed by atoms with E-state index in [0.717, 1.165) is 65.0 Å². The van der Waals surface area contributed by atoms with Gasteiger partial charge in [0.1, 0.15) is 17.4 Å². The van der Waals surface area contributed by atoms with Gasteiger partial charge in [0.2, 0.25) is 0 Å². The van der Waals surface area contributed by atoms with Crippen molar-refractivity contribution < 1.29 is 4.52 Å². The number of pyridine rings is 1. The molecule has 3 aliphatic heterocycles. The second-order valence-electron chi connectivity index (χ2n) is 11.0. The number of aryl methyl sites for hydroxylation is 1. The molecule has 0 amide bonds. The highest BCUT2D eigenvalue weighted by molar-refractivity contribution is 5.92. The lowest BCUT2D eigenvalue weighted by Crippen LogP contribution is -2.68. The monoisotopic (exact) mass is 519 g/mol. The molecule has 10 nitrogen and oxygen atoms in total. The van der Waals surface area contributed by atoms with Crippen LogP contribution in [0.3, 0.4) is 0 Å². The third-order valence-corrected chi connectivity index (χ3v) is 8.16. The van der Waals surface area contributed by atoms with Crippen LogP contribution in [0.25, 0.3) is 22.3 Å². The van der Waals surface area contributed by atoms with E-state index < -0.39 is 0 Å². The summed E-state index contributed by atoms with van der Waals surface area (Å²) >= 11 is 0. The van der Waals surface area contributed by atoms with Crippen LogP contribution < -0.4 is 10.2 Å². The van der Waals surface area contributed by atoms with Crippen LogP contribution in [-0.2, 0) is 6.54 Å². The quantitative estimate of drug-likeness (QED) is 0.313. The Balaban J connectivity index is 1.01. The summed E-state index contributed by atoms with van der Waals surface area (Å²) in [5.41, 5.74) is 3.96. The first-order valence-electron chi connectivity index (χ1n) is 13.6. The van der Waals surface area contributed by atoms with Crippen molar-refractivity contribution in [2.75, 3.05) is 23.3 Å². The molecule has 2 atom stereocenters. The minimum atomic E-state index is 0.516. The van der Waals surface area contributed by atoms with E-state index in [1.807, 2.05) is 43.5 Å². The molecule has 9 rings (SSSR count). The summed E-state index contributed by atoms with van der Waals surface area (Å²) in [6.45, 7) is 4.72.